The van der Waals surface area contributed by atoms with Crippen LogP contribution in [0.15, 0.2) is 71.6 Å². The molecule has 0 aliphatic rings. The number of sulfonamides is 1. The summed E-state index contributed by atoms with van der Waals surface area (Å²) in [5.41, 5.74) is 1.53. The lowest BCUT2D eigenvalue weighted by molar-refractivity contribution is -0.138. The number of rotatable bonds is 3. The van der Waals surface area contributed by atoms with Gasteiger partial charge in [-0.1, -0.05) is 54.6 Å². The van der Waals surface area contributed by atoms with Crippen LogP contribution in [0.25, 0.3) is 22.3 Å². The number of alkyl halides is 3. The van der Waals surface area contributed by atoms with Crippen molar-refractivity contribution in [2.75, 3.05) is 0 Å². The molecule has 0 spiro atoms. The molecule has 0 unspecified atom stereocenters. The van der Waals surface area contributed by atoms with Gasteiger partial charge in [-0.25, -0.2) is 13.6 Å². The predicted octanol–water partition coefficient (Wildman–Crippen LogP) is 5.00. The number of halogens is 3. The van der Waals surface area contributed by atoms with Gasteiger partial charge in [0.25, 0.3) is 0 Å². The largest absolute Gasteiger partial charge is 0.416 e. The highest BCUT2D eigenvalue weighted by atomic mass is 32.2. The summed E-state index contributed by atoms with van der Waals surface area (Å²) >= 11 is 0. The Hall–Kier alpha value is -2.64. The highest BCUT2D eigenvalue weighted by molar-refractivity contribution is 7.89. The minimum atomic E-state index is -4.43. The fraction of sp³-hybridized carbons (Fsp3) is 0.100. The Kier molecular flexibility index (Phi) is 4.84. The highest BCUT2D eigenvalue weighted by Crippen LogP contribution is 2.38. The third-order valence-electron chi connectivity index (χ3n) is 4.25. The van der Waals surface area contributed by atoms with Gasteiger partial charge in [-0.3, -0.25) is 0 Å². The van der Waals surface area contributed by atoms with Crippen molar-refractivity contribution in [3.8, 4) is 22.3 Å². The van der Waals surface area contributed by atoms with Gasteiger partial charge in [0, 0.05) is 5.56 Å². The maximum Gasteiger partial charge on any atom is 0.416 e. The van der Waals surface area contributed by atoms with Crippen molar-refractivity contribution in [1.82, 2.24) is 0 Å². The molecule has 0 saturated heterocycles. The van der Waals surface area contributed by atoms with Crippen LogP contribution in [0.3, 0.4) is 0 Å². The maximum atomic E-state index is 13.0. The molecule has 0 radical (unpaired) electrons. The van der Waals surface area contributed by atoms with Gasteiger partial charge >= 0.3 is 6.18 Å². The lowest BCUT2D eigenvalue weighted by Crippen LogP contribution is -2.13. The van der Waals surface area contributed by atoms with Crippen LogP contribution in [0.5, 0.6) is 0 Å². The van der Waals surface area contributed by atoms with Crippen molar-refractivity contribution in [3.05, 3.63) is 77.9 Å². The van der Waals surface area contributed by atoms with Crippen molar-refractivity contribution < 1.29 is 21.6 Å². The number of hydrogen-bond donors (Lipinski definition) is 1. The summed E-state index contributed by atoms with van der Waals surface area (Å²) in [4.78, 5) is -0.0407. The van der Waals surface area contributed by atoms with Crippen LogP contribution >= 0.6 is 0 Å². The van der Waals surface area contributed by atoms with Crippen LogP contribution in [0, 0.1) is 6.92 Å². The molecule has 3 aromatic rings. The highest BCUT2D eigenvalue weighted by Gasteiger charge is 2.32. The summed E-state index contributed by atoms with van der Waals surface area (Å²) < 4.78 is 63.0. The second-order valence-electron chi connectivity index (χ2n) is 6.11. The van der Waals surface area contributed by atoms with Gasteiger partial charge in [0.05, 0.1) is 10.5 Å². The van der Waals surface area contributed by atoms with E-state index in [0.717, 1.165) is 6.07 Å². The first-order chi connectivity index (χ1) is 12.6. The molecule has 0 aromatic heterocycles. The van der Waals surface area contributed by atoms with Crippen molar-refractivity contribution in [1.29, 1.82) is 0 Å². The van der Waals surface area contributed by atoms with E-state index in [1.54, 1.807) is 42.5 Å². The molecule has 2 N–H and O–H groups in total. The number of benzene rings is 3. The van der Waals surface area contributed by atoms with E-state index in [4.69, 9.17) is 5.14 Å². The Bertz CT molecular complexity index is 1110. The third-order valence-corrected chi connectivity index (χ3v) is 5.22. The molecule has 3 rings (SSSR count). The normalized spacial score (nSPS) is 12.2. The summed E-state index contributed by atoms with van der Waals surface area (Å²) in [6, 6.07) is 17.1. The lowest BCUT2D eigenvalue weighted by atomic mass is 9.92. The Morgan fingerprint density at radius 3 is 1.93 bits per heavy atom. The Balaban J connectivity index is 2.22. The second kappa shape index (κ2) is 6.83. The fourth-order valence-corrected chi connectivity index (χ4v) is 3.81. The van der Waals surface area contributed by atoms with Gasteiger partial charge < -0.3 is 0 Å². The Morgan fingerprint density at radius 1 is 0.815 bits per heavy atom. The predicted molar refractivity (Wildman–Crippen MR) is 98.4 cm³/mol. The molecule has 7 heteroatoms. The molecule has 140 valence electrons. The summed E-state index contributed by atoms with van der Waals surface area (Å²) in [6.07, 6.45) is -4.43. The molecule has 0 amide bonds. The molecule has 3 aromatic carbocycles. The SMILES string of the molecule is Cc1cc(-c2ccccc2-c2ccccc2S(N)(=O)=O)ccc1C(F)(F)F. The van der Waals surface area contributed by atoms with Gasteiger partial charge in [-0.05, 0) is 41.3 Å². The summed E-state index contributed by atoms with van der Waals surface area (Å²) in [7, 11) is -3.96. The number of nitrogens with two attached hydrogens (primary N) is 1. The first-order valence-electron chi connectivity index (χ1n) is 7.98. The average Bonchev–Trinajstić information content (AvgIpc) is 2.60. The minimum absolute atomic E-state index is 0.0407. The first kappa shape index (κ1) is 19.1. The quantitative estimate of drug-likeness (QED) is 0.683. The topological polar surface area (TPSA) is 60.2 Å². The van der Waals surface area contributed by atoms with Gasteiger partial charge in [-0.15, -0.1) is 0 Å². The number of hydrogen-bond acceptors (Lipinski definition) is 2. The molecule has 0 atom stereocenters. The standard InChI is InChI=1S/C20H16F3NO2S/c1-13-12-14(10-11-18(13)20(21,22)23)15-6-2-3-7-16(15)17-8-4-5-9-19(17)27(24,25)26/h2-12H,1H3,(H2,24,25,26). The zero-order valence-corrected chi connectivity index (χ0v) is 15.1. The van der Waals surface area contributed by atoms with Crippen LogP contribution in [0.4, 0.5) is 13.2 Å². The molecule has 27 heavy (non-hydrogen) atoms. The molecule has 3 nitrogen and oxygen atoms in total. The van der Waals surface area contributed by atoms with Crippen LogP contribution in [0.1, 0.15) is 11.1 Å². The average molecular weight is 391 g/mol. The van der Waals surface area contributed by atoms with Crippen LogP contribution in [-0.4, -0.2) is 8.42 Å². The third kappa shape index (κ3) is 3.89. The van der Waals surface area contributed by atoms with E-state index in [2.05, 4.69) is 0 Å². The van der Waals surface area contributed by atoms with Gasteiger partial charge in [0.2, 0.25) is 10.0 Å². The molecular weight excluding hydrogens is 375 g/mol. The van der Waals surface area contributed by atoms with E-state index in [-0.39, 0.29) is 10.5 Å². The van der Waals surface area contributed by atoms with Crippen LogP contribution < -0.4 is 5.14 Å². The second-order valence-corrected chi connectivity index (χ2v) is 7.64. The zero-order chi connectivity index (χ0) is 19.8. The van der Waals surface area contributed by atoms with Crippen molar-refractivity contribution in [3.63, 3.8) is 0 Å². The summed E-state index contributed by atoms with van der Waals surface area (Å²) in [5, 5.41) is 5.32. The van der Waals surface area contributed by atoms with E-state index in [0.29, 0.717) is 22.3 Å². The Labute approximate surface area is 155 Å². The fourth-order valence-electron chi connectivity index (χ4n) is 3.06. The maximum absolute atomic E-state index is 13.0. The summed E-state index contributed by atoms with van der Waals surface area (Å²) in [6.45, 7) is 1.40. The molecule has 0 bridgehead atoms. The van der Waals surface area contributed by atoms with E-state index < -0.39 is 21.8 Å². The number of aryl methyl sites for hydroxylation is 1. The zero-order valence-electron chi connectivity index (χ0n) is 14.3. The van der Waals surface area contributed by atoms with Crippen molar-refractivity contribution in [2.45, 2.75) is 18.0 Å². The smallest absolute Gasteiger partial charge is 0.225 e. The molecular formula is C20H16F3NO2S. The van der Waals surface area contributed by atoms with Gasteiger partial charge in [0.15, 0.2) is 0 Å². The van der Waals surface area contributed by atoms with Crippen LogP contribution in [0.2, 0.25) is 0 Å². The van der Waals surface area contributed by atoms with E-state index in [1.165, 1.54) is 25.1 Å². The van der Waals surface area contributed by atoms with E-state index >= 15 is 0 Å². The van der Waals surface area contributed by atoms with Gasteiger partial charge in [0.1, 0.15) is 0 Å². The van der Waals surface area contributed by atoms with E-state index in [9.17, 15) is 21.6 Å². The molecule has 0 heterocycles. The molecule has 0 fully saturated rings. The van der Waals surface area contributed by atoms with Crippen molar-refractivity contribution in [2.24, 2.45) is 5.14 Å². The minimum Gasteiger partial charge on any atom is -0.225 e. The molecule has 0 aliphatic heterocycles. The number of primary sulfonamides is 1. The molecule has 0 aliphatic carbocycles. The van der Waals surface area contributed by atoms with Crippen LogP contribution in [-0.2, 0) is 16.2 Å². The summed E-state index contributed by atoms with van der Waals surface area (Å²) in [5.74, 6) is 0. The Morgan fingerprint density at radius 2 is 1.37 bits per heavy atom. The molecule has 0 saturated carbocycles. The van der Waals surface area contributed by atoms with E-state index in [1.807, 2.05) is 0 Å². The first-order valence-corrected chi connectivity index (χ1v) is 9.53. The lowest BCUT2D eigenvalue weighted by Gasteiger charge is -2.15. The monoisotopic (exact) mass is 391 g/mol. The van der Waals surface area contributed by atoms with Crippen molar-refractivity contribution >= 4 is 10.0 Å². The van der Waals surface area contributed by atoms with Gasteiger partial charge in [-0.2, -0.15) is 13.2 Å².